The van der Waals surface area contributed by atoms with Crippen molar-refractivity contribution in [3.05, 3.63) is 0 Å². The summed E-state index contributed by atoms with van der Waals surface area (Å²) in [6.45, 7) is 12.5. The van der Waals surface area contributed by atoms with E-state index in [4.69, 9.17) is 23.7 Å². The first-order chi connectivity index (χ1) is 20.1. The molecule has 4 fully saturated rings. The molecular weight excluding hydrogens is 534 g/mol. The van der Waals surface area contributed by atoms with Gasteiger partial charge < -0.3 is 29.0 Å². The van der Waals surface area contributed by atoms with Crippen molar-refractivity contribution < 1.29 is 33.3 Å². The van der Waals surface area contributed by atoms with Crippen LogP contribution in [0.4, 0.5) is 0 Å². The average Bonchev–Trinajstić information content (AvgIpc) is 3.75. The Labute approximate surface area is 254 Å². The molecule has 4 rings (SSSR count). The van der Waals surface area contributed by atoms with E-state index in [1.54, 1.807) is 0 Å². The van der Waals surface area contributed by atoms with Crippen LogP contribution in [0.3, 0.4) is 0 Å². The molecule has 242 valence electrons. The maximum atomic E-state index is 13.7. The number of nitrogens with one attached hydrogen (secondary N) is 1. The van der Waals surface area contributed by atoms with Crippen molar-refractivity contribution in [1.29, 1.82) is 0 Å². The Morgan fingerprint density at radius 2 is 1.45 bits per heavy atom. The zero-order valence-electron chi connectivity index (χ0n) is 27.3. The van der Waals surface area contributed by atoms with Crippen LogP contribution >= 0.6 is 0 Å². The second-order valence-electron chi connectivity index (χ2n) is 13.8. The van der Waals surface area contributed by atoms with Crippen molar-refractivity contribution >= 4 is 11.9 Å². The molecule has 0 aromatic heterocycles. The molecule has 8 heteroatoms. The summed E-state index contributed by atoms with van der Waals surface area (Å²) < 4.78 is 32.1. The second-order valence-corrected chi connectivity index (χ2v) is 13.8. The van der Waals surface area contributed by atoms with Crippen molar-refractivity contribution in [3.63, 3.8) is 0 Å². The zero-order chi connectivity index (χ0) is 30.4. The van der Waals surface area contributed by atoms with Crippen LogP contribution in [0, 0.1) is 23.7 Å². The third-order valence-electron chi connectivity index (χ3n) is 10.7. The molecule has 13 atom stereocenters. The smallest absolute Gasteiger partial charge is 0.311 e. The topological polar surface area (TPSA) is 92.3 Å². The lowest BCUT2D eigenvalue weighted by molar-refractivity contribution is -0.175. The fourth-order valence-corrected chi connectivity index (χ4v) is 7.83. The number of ether oxygens (including phenoxy) is 5. The molecule has 0 aromatic carbocycles. The predicted molar refractivity (Wildman–Crippen MR) is 162 cm³/mol. The molecule has 0 radical (unpaired) electrons. The summed E-state index contributed by atoms with van der Waals surface area (Å²) in [6, 6.07) is 0.458. The van der Waals surface area contributed by atoms with Gasteiger partial charge in [0.25, 0.3) is 0 Å². The molecule has 4 heterocycles. The largest absolute Gasteiger partial charge is 0.462 e. The van der Waals surface area contributed by atoms with Crippen LogP contribution in [0.25, 0.3) is 0 Å². The second kappa shape index (κ2) is 15.7. The lowest BCUT2D eigenvalue weighted by Crippen LogP contribution is -2.44. The number of hydrogen-bond acceptors (Lipinski definition) is 8. The highest BCUT2D eigenvalue weighted by Crippen LogP contribution is 2.39. The van der Waals surface area contributed by atoms with E-state index in [1.165, 1.54) is 0 Å². The van der Waals surface area contributed by atoms with E-state index < -0.39 is 0 Å². The number of rotatable bonds is 9. The van der Waals surface area contributed by atoms with Gasteiger partial charge in [-0.3, -0.25) is 9.59 Å². The van der Waals surface area contributed by atoms with Crippen LogP contribution in [0.15, 0.2) is 0 Å². The number of fused-ring (bicyclic) bond motifs is 4. The van der Waals surface area contributed by atoms with Crippen molar-refractivity contribution in [2.24, 2.45) is 23.7 Å². The standard InChI is InChI=1S/C34H59NO7/c1-8-10-24(35-7)18-26-12-14-28(38-26)20(3)32-21(4)29-16-17-31(41-29)23(6)33(36)40-25(11-9-2)19-27-13-15-30(39-27)22(5)34(37)42-32/h20-32,35H,8-19H2,1-7H3. The van der Waals surface area contributed by atoms with Crippen LogP contribution in [-0.2, 0) is 33.3 Å². The van der Waals surface area contributed by atoms with Crippen LogP contribution in [0.2, 0.25) is 0 Å². The average molecular weight is 594 g/mol. The Kier molecular flexibility index (Phi) is 12.6. The van der Waals surface area contributed by atoms with Crippen molar-refractivity contribution in [3.8, 4) is 0 Å². The van der Waals surface area contributed by atoms with Gasteiger partial charge in [0, 0.05) is 24.3 Å². The van der Waals surface area contributed by atoms with Gasteiger partial charge in [-0.15, -0.1) is 0 Å². The molecule has 4 saturated heterocycles. The Hall–Kier alpha value is -1.22. The summed E-state index contributed by atoms with van der Waals surface area (Å²) >= 11 is 0. The molecule has 0 aromatic rings. The molecule has 0 spiro atoms. The normalized spacial score (nSPS) is 41.4. The summed E-state index contributed by atoms with van der Waals surface area (Å²) in [7, 11) is 2.03. The van der Waals surface area contributed by atoms with Gasteiger partial charge in [-0.2, -0.15) is 0 Å². The minimum Gasteiger partial charge on any atom is -0.462 e. The summed E-state index contributed by atoms with van der Waals surface area (Å²) in [6.07, 6.45) is 10.3. The fourth-order valence-electron chi connectivity index (χ4n) is 7.83. The summed E-state index contributed by atoms with van der Waals surface area (Å²) in [5, 5.41) is 3.45. The fraction of sp³-hybridized carbons (Fsp3) is 0.941. The first-order valence-electron chi connectivity index (χ1n) is 17.2. The van der Waals surface area contributed by atoms with Crippen molar-refractivity contribution in [2.45, 2.75) is 173 Å². The van der Waals surface area contributed by atoms with Gasteiger partial charge in [0.05, 0.1) is 48.5 Å². The molecule has 42 heavy (non-hydrogen) atoms. The van der Waals surface area contributed by atoms with E-state index in [2.05, 4.69) is 33.0 Å². The van der Waals surface area contributed by atoms with Gasteiger partial charge in [0.1, 0.15) is 12.2 Å². The lowest BCUT2D eigenvalue weighted by Gasteiger charge is -2.36. The minimum atomic E-state index is -0.364. The molecule has 4 bridgehead atoms. The summed E-state index contributed by atoms with van der Waals surface area (Å²) in [5.74, 6) is -1.08. The van der Waals surface area contributed by atoms with E-state index in [0.717, 1.165) is 70.6 Å². The van der Waals surface area contributed by atoms with E-state index in [-0.39, 0.29) is 84.4 Å². The van der Waals surface area contributed by atoms with Crippen LogP contribution in [0.5, 0.6) is 0 Å². The van der Waals surface area contributed by atoms with E-state index in [0.29, 0.717) is 12.5 Å². The summed E-state index contributed by atoms with van der Waals surface area (Å²) in [4.78, 5) is 26.9. The number of hydrogen-bond donors (Lipinski definition) is 1. The highest BCUT2D eigenvalue weighted by atomic mass is 16.6. The minimum absolute atomic E-state index is 0.0171. The molecule has 0 saturated carbocycles. The molecule has 4 aliphatic heterocycles. The monoisotopic (exact) mass is 593 g/mol. The molecule has 0 amide bonds. The van der Waals surface area contributed by atoms with Gasteiger partial charge in [-0.1, -0.05) is 40.5 Å². The van der Waals surface area contributed by atoms with Gasteiger partial charge in [0.2, 0.25) is 0 Å². The van der Waals surface area contributed by atoms with Gasteiger partial charge in [0.15, 0.2) is 0 Å². The maximum Gasteiger partial charge on any atom is 0.311 e. The maximum absolute atomic E-state index is 13.7. The Morgan fingerprint density at radius 1 is 0.786 bits per heavy atom. The van der Waals surface area contributed by atoms with Crippen LogP contribution in [0.1, 0.15) is 119 Å². The number of carbonyl (C=O) groups excluding carboxylic acids is 2. The SMILES string of the molecule is CCCC(CC1CCC(C(C)C2OC(=O)C(C)C3CCC(CC(CCC)OC(=O)C(C)C4CCC(O4)C2C)O3)O1)NC. The Bertz CT molecular complexity index is 869. The Morgan fingerprint density at radius 3 is 2.14 bits per heavy atom. The quantitative estimate of drug-likeness (QED) is 0.327. The highest BCUT2D eigenvalue weighted by Gasteiger charge is 2.46. The highest BCUT2D eigenvalue weighted by molar-refractivity contribution is 5.73. The Balaban J connectivity index is 1.51. The number of cyclic esters (lactones) is 2. The van der Waals surface area contributed by atoms with Crippen LogP contribution in [-0.4, -0.2) is 73.9 Å². The lowest BCUT2D eigenvalue weighted by atomic mass is 9.84. The number of carbonyl (C=O) groups is 2. The molecule has 4 aliphatic rings. The zero-order valence-corrected chi connectivity index (χ0v) is 27.3. The van der Waals surface area contributed by atoms with Gasteiger partial charge >= 0.3 is 11.9 Å². The molecular formula is C34H59NO7. The predicted octanol–water partition coefficient (Wildman–Crippen LogP) is 5.98. The molecule has 1 N–H and O–H groups in total. The van der Waals surface area contributed by atoms with Gasteiger partial charge in [-0.05, 0) is 78.7 Å². The molecule has 0 aliphatic carbocycles. The van der Waals surface area contributed by atoms with E-state index >= 15 is 0 Å². The third-order valence-corrected chi connectivity index (χ3v) is 10.7. The van der Waals surface area contributed by atoms with Gasteiger partial charge in [-0.25, -0.2) is 0 Å². The first-order valence-corrected chi connectivity index (χ1v) is 17.2. The van der Waals surface area contributed by atoms with Crippen LogP contribution < -0.4 is 5.32 Å². The van der Waals surface area contributed by atoms with E-state index in [9.17, 15) is 9.59 Å². The van der Waals surface area contributed by atoms with E-state index in [1.807, 2.05) is 20.9 Å². The third kappa shape index (κ3) is 8.28. The molecule has 8 nitrogen and oxygen atoms in total. The van der Waals surface area contributed by atoms with Crippen molar-refractivity contribution in [2.75, 3.05) is 7.05 Å². The van der Waals surface area contributed by atoms with Crippen molar-refractivity contribution in [1.82, 2.24) is 5.32 Å². The first kappa shape index (κ1) is 33.7. The summed E-state index contributed by atoms with van der Waals surface area (Å²) in [5.41, 5.74) is 0. The molecule has 13 unspecified atom stereocenters. The number of esters is 2.